The number of nitriles is 1. The first kappa shape index (κ1) is 10.3. The van der Waals surface area contributed by atoms with Gasteiger partial charge in [-0.1, -0.05) is 18.2 Å². The van der Waals surface area contributed by atoms with E-state index in [4.69, 9.17) is 5.26 Å². The molecule has 0 spiro atoms. The van der Waals surface area contributed by atoms with E-state index in [1.807, 2.05) is 6.07 Å². The van der Waals surface area contributed by atoms with Gasteiger partial charge in [0.1, 0.15) is 0 Å². The smallest absolute Gasteiger partial charge is 0.166 e. The first-order valence-electron chi connectivity index (χ1n) is 4.58. The highest BCUT2D eigenvalue weighted by Crippen LogP contribution is 2.26. The van der Waals surface area contributed by atoms with Gasteiger partial charge in [-0.15, -0.1) is 0 Å². The van der Waals surface area contributed by atoms with Crippen molar-refractivity contribution >= 4 is 0 Å². The van der Waals surface area contributed by atoms with Crippen LogP contribution in [0.3, 0.4) is 0 Å². The monoisotopic (exact) mass is 214 g/mol. The van der Waals surface area contributed by atoms with Crippen molar-refractivity contribution in [2.75, 3.05) is 0 Å². The Kier molecular flexibility index (Phi) is 2.65. The van der Waals surface area contributed by atoms with Crippen molar-refractivity contribution in [2.24, 2.45) is 0 Å². The Hall–Kier alpha value is -2.21. The molecule has 0 fully saturated rings. The van der Waals surface area contributed by atoms with E-state index < -0.39 is 11.6 Å². The maximum atomic E-state index is 13.5. The van der Waals surface area contributed by atoms with Crippen molar-refractivity contribution in [3.63, 3.8) is 0 Å². The highest BCUT2D eigenvalue weighted by molar-refractivity contribution is 5.70. The van der Waals surface area contributed by atoms with Crippen LogP contribution in [-0.2, 0) is 0 Å². The van der Waals surface area contributed by atoms with Crippen molar-refractivity contribution in [1.29, 1.82) is 5.26 Å². The van der Waals surface area contributed by atoms with Gasteiger partial charge in [0.15, 0.2) is 11.6 Å². The maximum absolute atomic E-state index is 13.5. The van der Waals surface area contributed by atoms with E-state index >= 15 is 0 Å². The lowest BCUT2D eigenvalue weighted by Gasteiger charge is -2.05. The second kappa shape index (κ2) is 4.11. The lowest BCUT2D eigenvalue weighted by Crippen LogP contribution is -1.91. The fourth-order valence-corrected chi connectivity index (χ4v) is 1.46. The molecule has 0 aliphatic rings. The lowest BCUT2D eigenvalue weighted by atomic mass is 10.00. The van der Waals surface area contributed by atoms with Crippen LogP contribution in [0.1, 0.15) is 5.56 Å². The molecule has 2 aromatic carbocycles. The van der Waals surface area contributed by atoms with Crippen LogP contribution in [0.2, 0.25) is 0 Å². The quantitative estimate of drug-likeness (QED) is 0.714. The van der Waals surface area contributed by atoms with Crippen LogP contribution in [0.25, 0.3) is 11.1 Å². The highest BCUT2D eigenvalue weighted by Gasteiger charge is 2.12. The number of nitrogens with zero attached hydrogens (tertiary/aromatic N) is 1. The van der Waals surface area contributed by atoms with E-state index in [1.165, 1.54) is 24.3 Å². The molecule has 16 heavy (non-hydrogen) atoms. The number of rotatable bonds is 1. The molecule has 3 heteroatoms. The zero-order valence-electron chi connectivity index (χ0n) is 8.17. The van der Waals surface area contributed by atoms with Gasteiger partial charge < -0.3 is 0 Å². The average molecular weight is 214 g/mol. The second-order valence-electron chi connectivity index (χ2n) is 3.18. The SMILES string of the molecule is N#Cc1cc[c]cc1-c1cccc(F)c1F. The van der Waals surface area contributed by atoms with E-state index in [0.29, 0.717) is 11.1 Å². The minimum Gasteiger partial charge on any atom is -0.204 e. The molecular formula is C13H6F2N. The fourth-order valence-electron chi connectivity index (χ4n) is 1.46. The topological polar surface area (TPSA) is 23.8 Å². The maximum Gasteiger partial charge on any atom is 0.166 e. The van der Waals surface area contributed by atoms with Crippen LogP contribution in [-0.4, -0.2) is 0 Å². The van der Waals surface area contributed by atoms with Crippen molar-refractivity contribution in [1.82, 2.24) is 0 Å². The molecule has 2 aromatic rings. The van der Waals surface area contributed by atoms with E-state index in [9.17, 15) is 8.78 Å². The van der Waals surface area contributed by atoms with Gasteiger partial charge in [-0.25, -0.2) is 8.78 Å². The normalized spacial score (nSPS) is 9.81. The Morgan fingerprint density at radius 3 is 2.69 bits per heavy atom. The molecule has 0 amide bonds. The van der Waals surface area contributed by atoms with Crippen LogP contribution >= 0.6 is 0 Å². The van der Waals surface area contributed by atoms with Crippen molar-refractivity contribution in [3.05, 3.63) is 59.7 Å². The third kappa shape index (κ3) is 1.66. The van der Waals surface area contributed by atoms with Gasteiger partial charge in [-0.05, 0) is 24.3 Å². The zero-order chi connectivity index (χ0) is 11.5. The molecule has 0 aromatic heterocycles. The van der Waals surface area contributed by atoms with Crippen LogP contribution in [0.15, 0.2) is 36.4 Å². The minimum atomic E-state index is -0.946. The molecule has 77 valence electrons. The molecule has 0 saturated heterocycles. The molecule has 0 aliphatic heterocycles. The third-order valence-corrected chi connectivity index (χ3v) is 2.23. The Bertz CT molecular complexity index is 570. The van der Waals surface area contributed by atoms with Crippen LogP contribution in [0.4, 0.5) is 8.78 Å². The van der Waals surface area contributed by atoms with Crippen molar-refractivity contribution in [3.8, 4) is 17.2 Å². The molecule has 1 radical (unpaired) electrons. The minimum absolute atomic E-state index is 0.0772. The Balaban J connectivity index is 2.69. The molecule has 0 heterocycles. The summed E-state index contributed by atoms with van der Waals surface area (Å²) < 4.78 is 26.5. The van der Waals surface area contributed by atoms with Crippen LogP contribution < -0.4 is 0 Å². The molecule has 0 aliphatic carbocycles. The lowest BCUT2D eigenvalue weighted by molar-refractivity contribution is 0.511. The summed E-state index contributed by atoms with van der Waals surface area (Å²) in [4.78, 5) is 0. The summed E-state index contributed by atoms with van der Waals surface area (Å²) in [5.74, 6) is -1.87. The molecule has 2 rings (SSSR count). The van der Waals surface area contributed by atoms with Gasteiger partial charge in [-0.2, -0.15) is 5.26 Å². The summed E-state index contributed by atoms with van der Waals surface area (Å²) in [5, 5.41) is 8.86. The summed E-state index contributed by atoms with van der Waals surface area (Å²) in [6.45, 7) is 0. The van der Waals surface area contributed by atoms with Crippen molar-refractivity contribution in [2.45, 2.75) is 0 Å². The standard InChI is InChI=1S/C13H6F2N/c14-12-7-3-6-11(13(12)15)10-5-2-1-4-9(10)8-16/h1,3-7H. The van der Waals surface area contributed by atoms with Gasteiger partial charge in [0.05, 0.1) is 11.6 Å². The molecule has 0 unspecified atom stereocenters. The summed E-state index contributed by atoms with van der Waals surface area (Å²) in [6.07, 6.45) is 0. The highest BCUT2D eigenvalue weighted by atomic mass is 19.2. The Morgan fingerprint density at radius 2 is 1.94 bits per heavy atom. The molecule has 0 atom stereocenters. The van der Waals surface area contributed by atoms with E-state index in [2.05, 4.69) is 6.07 Å². The summed E-state index contributed by atoms with van der Waals surface area (Å²) >= 11 is 0. The number of benzene rings is 2. The predicted octanol–water partition coefficient (Wildman–Crippen LogP) is 3.30. The first-order valence-corrected chi connectivity index (χ1v) is 4.58. The summed E-state index contributed by atoms with van der Waals surface area (Å²) in [7, 11) is 0. The molecule has 0 N–H and O–H groups in total. The van der Waals surface area contributed by atoms with Gasteiger partial charge in [0, 0.05) is 11.1 Å². The molecular weight excluding hydrogens is 208 g/mol. The summed E-state index contributed by atoms with van der Waals surface area (Å²) in [5.41, 5.74) is 0.721. The first-order chi connectivity index (χ1) is 7.74. The van der Waals surface area contributed by atoms with Gasteiger partial charge >= 0.3 is 0 Å². The van der Waals surface area contributed by atoms with E-state index in [1.54, 1.807) is 6.07 Å². The predicted molar refractivity (Wildman–Crippen MR) is 55.3 cm³/mol. The van der Waals surface area contributed by atoms with Crippen LogP contribution in [0, 0.1) is 29.0 Å². The van der Waals surface area contributed by atoms with Gasteiger partial charge in [-0.3, -0.25) is 0 Å². The molecule has 0 bridgehead atoms. The number of hydrogen-bond acceptors (Lipinski definition) is 1. The number of halogens is 2. The molecule has 0 saturated carbocycles. The van der Waals surface area contributed by atoms with Gasteiger partial charge in [0.25, 0.3) is 0 Å². The zero-order valence-corrected chi connectivity index (χ0v) is 8.17. The Labute approximate surface area is 91.6 Å². The average Bonchev–Trinajstić information content (AvgIpc) is 2.33. The summed E-state index contributed by atoms with van der Waals surface area (Å²) in [6, 6.07) is 13.1. The van der Waals surface area contributed by atoms with E-state index in [0.717, 1.165) is 6.07 Å². The Morgan fingerprint density at radius 1 is 1.12 bits per heavy atom. The molecule has 1 nitrogen and oxygen atoms in total. The third-order valence-electron chi connectivity index (χ3n) is 2.23. The van der Waals surface area contributed by atoms with Crippen LogP contribution in [0.5, 0.6) is 0 Å². The van der Waals surface area contributed by atoms with Crippen molar-refractivity contribution < 1.29 is 8.78 Å². The fraction of sp³-hybridized carbons (Fsp3) is 0. The number of hydrogen-bond donors (Lipinski definition) is 0. The largest absolute Gasteiger partial charge is 0.204 e. The van der Waals surface area contributed by atoms with Gasteiger partial charge in [0.2, 0.25) is 0 Å². The second-order valence-corrected chi connectivity index (χ2v) is 3.18. The van der Waals surface area contributed by atoms with E-state index in [-0.39, 0.29) is 5.56 Å².